The molecule has 3 rings (SSSR count). The SMILES string of the molecule is O=C(N[C@H]1C[C@@H]1c1cccnc1)C(O)C(O)(c1ccccc1)C(F)(F)F. The molecular weight excluding hydrogens is 349 g/mol. The number of nitrogens with zero attached hydrogens (tertiary/aromatic N) is 1. The summed E-state index contributed by atoms with van der Waals surface area (Å²) in [4.78, 5) is 16.2. The second-order valence-electron chi connectivity index (χ2n) is 6.28. The van der Waals surface area contributed by atoms with E-state index < -0.39 is 35.4 Å². The number of alkyl halides is 3. The molecule has 1 amide bonds. The Morgan fingerprint density at radius 1 is 1.19 bits per heavy atom. The van der Waals surface area contributed by atoms with Crippen LogP contribution >= 0.6 is 0 Å². The van der Waals surface area contributed by atoms with Gasteiger partial charge in [-0.05, 0) is 23.6 Å². The van der Waals surface area contributed by atoms with Gasteiger partial charge in [0.2, 0.25) is 5.60 Å². The van der Waals surface area contributed by atoms with Gasteiger partial charge in [-0.3, -0.25) is 9.78 Å². The molecule has 0 bridgehead atoms. The van der Waals surface area contributed by atoms with E-state index >= 15 is 0 Å². The summed E-state index contributed by atoms with van der Waals surface area (Å²) in [6.07, 6.45) is -4.20. The number of nitrogens with one attached hydrogen (secondary N) is 1. The highest BCUT2D eigenvalue weighted by molar-refractivity contribution is 5.83. The molecule has 0 spiro atoms. The fourth-order valence-electron chi connectivity index (χ4n) is 2.94. The van der Waals surface area contributed by atoms with Gasteiger partial charge in [0.05, 0.1) is 0 Å². The highest BCUT2D eigenvalue weighted by atomic mass is 19.4. The zero-order valence-corrected chi connectivity index (χ0v) is 13.5. The van der Waals surface area contributed by atoms with Crippen LogP contribution in [-0.2, 0) is 10.4 Å². The number of pyridine rings is 1. The first-order valence-electron chi connectivity index (χ1n) is 7.98. The van der Waals surface area contributed by atoms with Gasteiger partial charge in [0.15, 0.2) is 6.10 Å². The van der Waals surface area contributed by atoms with Crippen LogP contribution in [0.15, 0.2) is 54.9 Å². The minimum absolute atomic E-state index is 0.0736. The van der Waals surface area contributed by atoms with Crippen molar-refractivity contribution in [2.45, 2.75) is 36.3 Å². The minimum atomic E-state index is -5.24. The molecule has 1 aromatic heterocycles. The number of rotatable bonds is 5. The Morgan fingerprint density at radius 2 is 1.88 bits per heavy atom. The second kappa shape index (κ2) is 6.69. The van der Waals surface area contributed by atoms with Crippen LogP contribution in [0.2, 0.25) is 0 Å². The zero-order valence-electron chi connectivity index (χ0n) is 13.5. The number of aliphatic hydroxyl groups excluding tert-OH is 1. The first kappa shape index (κ1) is 18.3. The number of halogens is 3. The Balaban J connectivity index is 1.76. The van der Waals surface area contributed by atoms with Gasteiger partial charge in [0.25, 0.3) is 5.91 Å². The third kappa shape index (κ3) is 3.30. The third-order valence-electron chi connectivity index (χ3n) is 4.52. The van der Waals surface area contributed by atoms with Crippen LogP contribution in [0.1, 0.15) is 23.5 Å². The molecule has 26 heavy (non-hydrogen) atoms. The minimum Gasteiger partial charge on any atom is -0.380 e. The summed E-state index contributed by atoms with van der Waals surface area (Å²) in [6.45, 7) is 0. The third-order valence-corrected chi connectivity index (χ3v) is 4.52. The van der Waals surface area contributed by atoms with E-state index in [2.05, 4.69) is 10.3 Å². The van der Waals surface area contributed by atoms with E-state index in [4.69, 9.17) is 0 Å². The van der Waals surface area contributed by atoms with Crippen LogP contribution in [0.25, 0.3) is 0 Å². The van der Waals surface area contributed by atoms with Crippen molar-refractivity contribution in [3.63, 3.8) is 0 Å². The lowest BCUT2D eigenvalue weighted by atomic mass is 9.86. The number of carbonyl (C=O) groups is 1. The fourth-order valence-corrected chi connectivity index (χ4v) is 2.94. The molecule has 1 aromatic carbocycles. The van der Waals surface area contributed by atoms with Crippen molar-refractivity contribution in [3.05, 3.63) is 66.0 Å². The zero-order chi connectivity index (χ0) is 18.9. The predicted molar refractivity (Wildman–Crippen MR) is 85.9 cm³/mol. The molecule has 0 radical (unpaired) electrons. The van der Waals surface area contributed by atoms with Crippen LogP contribution < -0.4 is 5.32 Å². The normalized spacial score (nSPS) is 23.0. The van der Waals surface area contributed by atoms with Crippen molar-refractivity contribution in [2.24, 2.45) is 0 Å². The number of benzene rings is 1. The lowest BCUT2D eigenvalue weighted by Crippen LogP contribution is -2.57. The monoisotopic (exact) mass is 366 g/mol. The number of hydrogen-bond acceptors (Lipinski definition) is 4. The Labute approximate surface area is 147 Å². The Hall–Kier alpha value is -2.45. The van der Waals surface area contributed by atoms with E-state index in [1.54, 1.807) is 24.5 Å². The van der Waals surface area contributed by atoms with Gasteiger partial charge in [0, 0.05) is 24.4 Å². The van der Waals surface area contributed by atoms with E-state index in [1.807, 2.05) is 0 Å². The largest absolute Gasteiger partial charge is 0.424 e. The summed E-state index contributed by atoms with van der Waals surface area (Å²) in [7, 11) is 0. The quantitative estimate of drug-likeness (QED) is 0.755. The molecule has 1 fully saturated rings. The fraction of sp³-hybridized carbons (Fsp3) is 0.333. The lowest BCUT2D eigenvalue weighted by Gasteiger charge is -2.34. The van der Waals surface area contributed by atoms with Crippen LogP contribution in [0.3, 0.4) is 0 Å². The summed E-state index contributed by atoms with van der Waals surface area (Å²) in [6, 6.07) is 9.19. The van der Waals surface area contributed by atoms with E-state index in [-0.39, 0.29) is 5.92 Å². The van der Waals surface area contributed by atoms with Crippen molar-refractivity contribution in [1.82, 2.24) is 10.3 Å². The first-order valence-corrected chi connectivity index (χ1v) is 7.98. The van der Waals surface area contributed by atoms with Gasteiger partial charge in [0.1, 0.15) is 0 Å². The molecule has 4 atom stereocenters. The number of aromatic nitrogens is 1. The summed E-state index contributed by atoms with van der Waals surface area (Å²) in [5.74, 6) is -1.35. The van der Waals surface area contributed by atoms with Crippen LogP contribution in [0, 0.1) is 0 Å². The Morgan fingerprint density at radius 3 is 2.46 bits per heavy atom. The molecule has 1 heterocycles. The summed E-state index contributed by atoms with van der Waals surface area (Å²) >= 11 is 0. The van der Waals surface area contributed by atoms with Gasteiger partial charge in [-0.2, -0.15) is 13.2 Å². The first-order chi connectivity index (χ1) is 12.2. The molecule has 0 aliphatic heterocycles. The van der Waals surface area contributed by atoms with Gasteiger partial charge in [-0.1, -0.05) is 36.4 Å². The maximum atomic E-state index is 13.5. The smallest absolute Gasteiger partial charge is 0.380 e. The molecule has 5 nitrogen and oxygen atoms in total. The van der Waals surface area contributed by atoms with Gasteiger partial charge < -0.3 is 15.5 Å². The van der Waals surface area contributed by atoms with E-state index in [9.17, 15) is 28.2 Å². The number of carbonyl (C=O) groups excluding carboxylic acids is 1. The second-order valence-corrected chi connectivity index (χ2v) is 6.28. The highest BCUT2D eigenvalue weighted by Gasteiger charge is 2.62. The molecule has 0 saturated heterocycles. The molecule has 8 heteroatoms. The number of amides is 1. The summed E-state index contributed by atoms with van der Waals surface area (Å²) < 4.78 is 40.5. The van der Waals surface area contributed by atoms with E-state index in [0.29, 0.717) is 6.42 Å². The Bertz CT molecular complexity index is 770. The standard InChI is InChI=1S/C18H17F3N2O3/c19-18(20,21)17(26,12-6-2-1-3-7-12)15(24)16(25)23-14-9-13(14)11-5-4-8-22-10-11/h1-8,10,13-15,24,26H,9H2,(H,23,25)/t13-,14+,15?,17?/m1/s1. The number of hydrogen-bond donors (Lipinski definition) is 3. The number of aliphatic hydroxyl groups is 2. The van der Waals surface area contributed by atoms with Crippen LogP contribution in [-0.4, -0.2) is 39.4 Å². The lowest BCUT2D eigenvalue weighted by molar-refractivity contribution is -0.293. The topological polar surface area (TPSA) is 82.5 Å². The van der Waals surface area contributed by atoms with Gasteiger partial charge in [-0.25, -0.2) is 0 Å². The van der Waals surface area contributed by atoms with Crippen molar-refractivity contribution >= 4 is 5.91 Å². The van der Waals surface area contributed by atoms with E-state index in [0.717, 1.165) is 17.7 Å². The van der Waals surface area contributed by atoms with Crippen LogP contribution in [0.4, 0.5) is 13.2 Å². The molecule has 1 saturated carbocycles. The maximum absolute atomic E-state index is 13.5. The van der Waals surface area contributed by atoms with Gasteiger partial charge in [-0.15, -0.1) is 0 Å². The predicted octanol–water partition coefficient (Wildman–Crippen LogP) is 1.86. The molecule has 138 valence electrons. The summed E-state index contributed by atoms with van der Waals surface area (Å²) in [5, 5.41) is 22.7. The molecular formula is C18H17F3N2O3. The molecule has 1 aliphatic carbocycles. The maximum Gasteiger partial charge on any atom is 0.424 e. The van der Waals surface area contributed by atoms with Crippen molar-refractivity contribution in [1.29, 1.82) is 0 Å². The molecule has 2 aromatic rings. The Kier molecular flexibility index (Phi) is 4.72. The summed E-state index contributed by atoms with van der Waals surface area (Å²) in [5.41, 5.74) is -3.45. The average molecular weight is 366 g/mol. The molecule has 3 N–H and O–H groups in total. The van der Waals surface area contributed by atoms with Crippen molar-refractivity contribution < 1.29 is 28.2 Å². The highest BCUT2D eigenvalue weighted by Crippen LogP contribution is 2.43. The van der Waals surface area contributed by atoms with Crippen molar-refractivity contribution in [3.8, 4) is 0 Å². The van der Waals surface area contributed by atoms with Crippen molar-refractivity contribution in [2.75, 3.05) is 0 Å². The molecule has 1 aliphatic rings. The van der Waals surface area contributed by atoms with Gasteiger partial charge >= 0.3 is 6.18 Å². The van der Waals surface area contributed by atoms with Crippen LogP contribution in [0.5, 0.6) is 0 Å². The molecule has 2 unspecified atom stereocenters. The van der Waals surface area contributed by atoms with E-state index in [1.165, 1.54) is 18.2 Å². The average Bonchev–Trinajstić information content (AvgIpc) is 3.40.